The molecule has 31 heavy (non-hydrogen) atoms. The molecule has 1 saturated heterocycles. The first kappa shape index (κ1) is 22.6. The van der Waals surface area contributed by atoms with Crippen molar-refractivity contribution in [1.82, 2.24) is 0 Å². The average Bonchev–Trinajstić information content (AvgIpc) is 2.83. The van der Waals surface area contributed by atoms with Crippen LogP contribution >= 0.6 is 11.6 Å². The molecule has 2 aromatic rings. The molecule has 0 bridgehead atoms. The SMILES string of the molecule is C=CCC[C@H]1CO[C@H]([C@H]2CC[C@H](CCc3ccc(-c4ccc(Cl)cc4)cc3)CC2)OC1. The fourth-order valence-electron chi connectivity index (χ4n) is 4.98. The van der Waals surface area contributed by atoms with Crippen molar-refractivity contribution in [3.8, 4) is 11.1 Å². The topological polar surface area (TPSA) is 18.5 Å². The minimum Gasteiger partial charge on any atom is -0.352 e. The van der Waals surface area contributed by atoms with Crippen molar-refractivity contribution in [2.24, 2.45) is 17.8 Å². The predicted octanol–water partition coefficient (Wildman–Crippen LogP) is 7.70. The van der Waals surface area contributed by atoms with E-state index in [1.165, 1.54) is 48.8 Å². The molecule has 0 radical (unpaired) electrons. The van der Waals surface area contributed by atoms with Crippen LogP contribution in [0.5, 0.6) is 0 Å². The van der Waals surface area contributed by atoms with Gasteiger partial charge in [-0.05, 0) is 86.1 Å². The quantitative estimate of drug-likeness (QED) is 0.393. The van der Waals surface area contributed by atoms with Crippen LogP contribution in [0.25, 0.3) is 11.1 Å². The summed E-state index contributed by atoms with van der Waals surface area (Å²) < 4.78 is 12.2. The smallest absolute Gasteiger partial charge is 0.160 e. The van der Waals surface area contributed by atoms with E-state index < -0.39 is 0 Å². The molecule has 1 saturated carbocycles. The Morgan fingerprint density at radius 1 is 0.806 bits per heavy atom. The van der Waals surface area contributed by atoms with Crippen LogP contribution in [0.1, 0.15) is 50.5 Å². The molecule has 0 unspecified atom stereocenters. The zero-order valence-electron chi connectivity index (χ0n) is 18.5. The van der Waals surface area contributed by atoms with Gasteiger partial charge >= 0.3 is 0 Å². The van der Waals surface area contributed by atoms with Crippen LogP contribution in [0.2, 0.25) is 5.02 Å². The van der Waals surface area contributed by atoms with Crippen molar-refractivity contribution < 1.29 is 9.47 Å². The third-order valence-corrected chi connectivity index (χ3v) is 7.27. The van der Waals surface area contributed by atoms with Gasteiger partial charge in [0, 0.05) is 16.9 Å². The maximum absolute atomic E-state index is 6.08. The van der Waals surface area contributed by atoms with E-state index in [-0.39, 0.29) is 6.29 Å². The van der Waals surface area contributed by atoms with E-state index in [1.54, 1.807) is 0 Å². The van der Waals surface area contributed by atoms with Gasteiger partial charge in [-0.15, -0.1) is 6.58 Å². The molecular weight excluding hydrogens is 404 g/mol. The summed E-state index contributed by atoms with van der Waals surface area (Å²) in [5.41, 5.74) is 3.90. The molecule has 166 valence electrons. The zero-order chi connectivity index (χ0) is 21.5. The zero-order valence-corrected chi connectivity index (χ0v) is 19.2. The van der Waals surface area contributed by atoms with Gasteiger partial charge in [0.1, 0.15) is 0 Å². The van der Waals surface area contributed by atoms with E-state index in [0.29, 0.717) is 11.8 Å². The Hall–Kier alpha value is -1.61. The molecule has 2 aliphatic rings. The summed E-state index contributed by atoms with van der Waals surface area (Å²) in [6.07, 6.45) is 11.7. The van der Waals surface area contributed by atoms with Gasteiger partial charge in [-0.2, -0.15) is 0 Å². The highest BCUT2D eigenvalue weighted by atomic mass is 35.5. The van der Waals surface area contributed by atoms with E-state index in [0.717, 1.165) is 43.4 Å². The molecule has 2 aromatic carbocycles. The van der Waals surface area contributed by atoms with Crippen molar-refractivity contribution in [1.29, 1.82) is 0 Å². The Bertz CT molecular complexity index is 798. The second-order valence-corrected chi connectivity index (χ2v) is 9.73. The van der Waals surface area contributed by atoms with Gasteiger partial charge in [0.25, 0.3) is 0 Å². The number of aryl methyl sites for hydroxylation is 1. The van der Waals surface area contributed by atoms with Gasteiger partial charge in [0.2, 0.25) is 0 Å². The van der Waals surface area contributed by atoms with Gasteiger partial charge in [0.15, 0.2) is 6.29 Å². The second-order valence-electron chi connectivity index (χ2n) is 9.29. The van der Waals surface area contributed by atoms with Crippen LogP contribution < -0.4 is 0 Å². The third-order valence-electron chi connectivity index (χ3n) is 7.02. The highest BCUT2D eigenvalue weighted by Gasteiger charge is 2.32. The summed E-state index contributed by atoms with van der Waals surface area (Å²) >= 11 is 6.00. The molecule has 1 heterocycles. The number of allylic oxidation sites excluding steroid dienone is 1. The lowest BCUT2D eigenvalue weighted by Crippen LogP contribution is -2.38. The van der Waals surface area contributed by atoms with E-state index in [4.69, 9.17) is 21.1 Å². The molecule has 1 aliphatic heterocycles. The first-order chi connectivity index (χ1) is 15.2. The minimum atomic E-state index is 0.0290. The van der Waals surface area contributed by atoms with E-state index in [2.05, 4.69) is 43.0 Å². The summed E-state index contributed by atoms with van der Waals surface area (Å²) in [6.45, 7) is 5.51. The molecule has 2 nitrogen and oxygen atoms in total. The van der Waals surface area contributed by atoms with Crippen molar-refractivity contribution in [2.75, 3.05) is 13.2 Å². The molecule has 0 amide bonds. The number of hydrogen-bond acceptors (Lipinski definition) is 2. The highest BCUT2D eigenvalue weighted by molar-refractivity contribution is 6.30. The minimum absolute atomic E-state index is 0.0290. The average molecular weight is 439 g/mol. The van der Waals surface area contributed by atoms with E-state index >= 15 is 0 Å². The highest BCUT2D eigenvalue weighted by Crippen LogP contribution is 2.36. The van der Waals surface area contributed by atoms with Crippen molar-refractivity contribution in [3.63, 3.8) is 0 Å². The lowest BCUT2D eigenvalue weighted by molar-refractivity contribution is -0.229. The van der Waals surface area contributed by atoms with E-state index in [1.807, 2.05) is 18.2 Å². The summed E-state index contributed by atoms with van der Waals surface area (Å²) in [5.74, 6) is 1.95. The number of halogens is 1. The number of benzene rings is 2. The Balaban J connectivity index is 1.18. The number of ether oxygens (including phenoxy) is 2. The Morgan fingerprint density at radius 2 is 1.42 bits per heavy atom. The molecule has 1 aliphatic carbocycles. The predicted molar refractivity (Wildman–Crippen MR) is 129 cm³/mol. The monoisotopic (exact) mass is 438 g/mol. The fourth-order valence-corrected chi connectivity index (χ4v) is 5.10. The largest absolute Gasteiger partial charge is 0.352 e. The Kier molecular flexibility index (Phi) is 8.24. The summed E-state index contributed by atoms with van der Waals surface area (Å²) in [7, 11) is 0. The van der Waals surface area contributed by atoms with Gasteiger partial charge in [-0.1, -0.05) is 54.1 Å². The van der Waals surface area contributed by atoms with Crippen LogP contribution in [-0.2, 0) is 15.9 Å². The first-order valence-corrected chi connectivity index (χ1v) is 12.3. The lowest BCUT2D eigenvalue weighted by atomic mass is 9.79. The lowest BCUT2D eigenvalue weighted by Gasteiger charge is -2.37. The van der Waals surface area contributed by atoms with Gasteiger partial charge in [-0.25, -0.2) is 0 Å². The standard InChI is InChI=1S/C28H35ClO2/c1-2-3-4-23-19-30-28(31-20-23)26-13-9-22(10-14-26)6-5-21-7-11-24(12-8-21)25-15-17-27(29)18-16-25/h2,7-8,11-12,15-18,22-23,26,28H,1,3-6,9-10,13-14,19-20H2/t22-,23-,26-,28-. The molecule has 0 N–H and O–H groups in total. The number of rotatable bonds is 8. The first-order valence-electron chi connectivity index (χ1n) is 11.9. The van der Waals surface area contributed by atoms with Crippen LogP contribution in [0, 0.1) is 17.8 Å². The summed E-state index contributed by atoms with van der Waals surface area (Å²) in [5, 5.41) is 0.782. The Labute approximate surface area is 192 Å². The fraction of sp³-hybridized carbons (Fsp3) is 0.500. The maximum atomic E-state index is 6.08. The van der Waals surface area contributed by atoms with Crippen LogP contribution in [0.15, 0.2) is 61.2 Å². The molecule has 2 fully saturated rings. The van der Waals surface area contributed by atoms with Crippen molar-refractivity contribution in [2.45, 2.75) is 57.7 Å². The molecular formula is C28H35ClO2. The van der Waals surface area contributed by atoms with Crippen LogP contribution in [0.4, 0.5) is 0 Å². The van der Waals surface area contributed by atoms with Gasteiger partial charge < -0.3 is 9.47 Å². The van der Waals surface area contributed by atoms with Gasteiger partial charge in [0.05, 0.1) is 13.2 Å². The molecule has 0 spiro atoms. The normalized spacial score (nSPS) is 26.5. The van der Waals surface area contributed by atoms with Crippen molar-refractivity contribution >= 4 is 11.6 Å². The molecule has 3 heteroatoms. The molecule has 4 rings (SSSR count). The third kappa shape index (κ3) is 6.44. The van der Waals surface area contributed by atoms with Gasteiger partial charge in [-0.3, -0.25) is 0 Å². The van der Waals surface area contributed by atoms with E-state index in [9.17, 15) is 0 Å². The van der Waals surface area contributed by atoms with Crippen LogP contribution in [0.3, 0.4) is 0 Å². The molecule has 0 atom stereocenters. The van der Waals surface area contributed by atoms with Crippen LogP contribution in [-0.4, -0.2) is 19.5 Å². The van der Waals surface area contributed by atoms with Crippen molar-refractivity contribution in [3.05, 3.63) is 71.8 Å². The maximum Gasteiger partial charge on any atom is 0.160 e. The Morgan fingerprint density at radius 3 is 2.03 bits per heavy atom. The summed E-state index contributed by atoms with van der Waals surface area (Å²) in [6, 6.07) is 17.1. The molecule has 0 aromatic heterocycles. The summed E-state index contributed by atoms with van der Waals surface area (Å²) in [4.78, 5) is 0. The second kappa shape index (κ2) is 11.3. The number of hydrogen-bond donors (Lipinski definition) is 0.